The molecule has 1 atom stereocenters. The lowest BCUT2D eigenvalue weighted by molar-refractivity contribution is -0.121. The Morgan fingerprint density at radius 1 is 0.923 bits per heavy atom. The van der Waals surface area contributed by atoms with Crippen molar-refractivity contribution in [1.82, 2.24) is 10.6 Å². The predicted octanol–water partition coefficient (Wildman–Crippen LogP) is 3.85. The van der Waals surface area contributed by atoms with Gasteiger partial charge in [0, 0.05) is 31.0 Å². The second-order valence-electron chi connectivity index (χ2n) is 6.13. The minimum atomic E-state index is -0.0843. The molecule has 4 nitrogen and oxygen atoms in total. The first kappa shape index (κ1) is 21.9. The topological polar surface area (TPSA) is 58.2 Å². The lowest BCUT2D eigenvalue weighted by Crippen LogP contribution is -2.38. The number of nitrogens with one attached hydrogen (secondary N) is 2. The highest BCUT2D eigenvalue weighted by Crippen LogP contribution is 2.19. The van der Waals surface area contributed by atoms with E-state index in [1.54, 1.807) is 0 Å². The van der Waals surface area contributed by atoms with Gasteiger partial charge in [-0.2, -0.15) is 0 Å². The zero-order valence-corrected chi connectivity index (χ0v) is 16.1. The molecule has 1 amide bonds. The summed E-state index contributed by atoms with van der Waals surface area (Å²) in [5.41, 5.74) is 2.84. The molecule has 0 aliphatic carbocycles. The molecule has 0 saturated carbocycles. The Morgan fingerprint density at radius 2 is 1.54 bits per heavy atom. The Labute approximate surface area is 161 Å². The molecule has 0 unspecified atom stereocenters. The summed E-state index contributed by atoms with van der Waals surface area (Å²) in [7, 11) is 0. The van der Waals surface area contributed by atoms with Crippen molar-refractivity contribution in [3.05, 3.63) is 60.2 Å². The number of hydrogen-bond donors (Lipinski definition) is 2. The van der Waals surface area contributed by atoms with Gasteiger partial charge in [-0.05, 0) is 24.6 Å². The van der Waals surface area contributed by atoms with Gasteiger partial charge in [0.25, 0.3) is 0 Å². The van der Waals surface area contributed by atoms with Gasteiger partial charge in [-0.1, -0.05) is 61.5 Å². The molecule has 2 N–H and O–H groups in total. The fraction of sp³-hybridized carbons (Fsp3) is 0.333. The third-order valence-corrected chi connectivity index (χ3v) is 4.05. The summed E-state index contributed by atoms with van der Waals surface area (Å²) in [6.45, 7) is 5.49. The maximum absolute atomic E-state index is 12.2. The molecule has 0 aromatic heterocycles. The van der Waals surface area contributed by atoms with Crippen molar-refractivity contribution in [3.8, 4) is 11.1 Å². The SMILES string of the molecule is CCN[C@H](C)CNC(=O)CCC(=O)c1ccc(-c2ccccc2)cc1.Cl. The van der Waals surface area contributed by atoms with Crippen LogP contribution in [0.25, 0.3) is 11.1 Å². The fourth-order valence-electron chi connectivity index (χ4n) is 2.63. The van der Waals surface area contributed by atoms with Crippen LogP contribution < -0.4 is 10.6 Å². The molecule has 2 aromatic rings. The van der Waals surface area contributed by atoms with Crippen LogP contribution in [0.15, 0.2) is 54.6 Å². The summed E-state index contributed by atoms with van der Waals surface area (Å²) in [5, 5.41) is 6.08. The number of halogens is 1. The van der Waals surface area contributed by atoms with Crippen molar-refractivity contribution in [2.24, 2.45) is 0 Å². The van der Waals surface area contributed by atoms with Crippen LogP contribution in [0.5, 0.6) is 0 Å². The zero-order chi connectivity index (χ0) is 18.1. The number of benzene rings is 2. The van der Waals surface area contributed by atoms with Gasteiger partial charge >= 0.3 is 0 Å². The van der Waals surface area contributed by atoms with Crippen LogP contribution in [-0.2, 0) is 4.79 Å². The van der Waals surface area contributed by atoms with Crippen LogP contribution >= 0.6 is 12.4 Å². The van der Waals surface area contributed by atoms with E-state index in [0.29, 0.717) is 12.1 Å². The van der Waals surface area contributed by atoms with E-state index in [1.807, 2.05) is 68.4 Å². The van der Waals surface area contributed by atoms with Crippen molar-refractivity contribution in [1.29, 1.82) is 0 Å². The molecule has 0 radical (unpaired) electrons. The highest BCUT2D eigenvalue weighted by molar-refractivity contribution is 5.98. The maximum Gasteiger partial charge on any atom is 0.220 e. The molecule has 2 rings (SSSR count). The highest BCUT2D eigenvalue weighted by Gasteiger charge is 2.10. The largest absolute Gasteiger partial charge is 0.355 e. The van der Waals surface area contributed by atoms with Crippen LogP contribution in [0, 0.1) is 0 Å². The number of likely N-dealkylation sites (N-methyl/N-ethyl adjacent to an activating group) is 1. The first-order valence-corrected chi connectivity index (χ1v) is 8.79. The van der Waals surface area contributed by atoms with Gasteiger partial charge in [0.1, 0.15) is 0 Å². The Hall–Kier alpha value is -2.17. The van der Waals surface area contributed by atoms with E-state index >= 15 is 0 Å². The summed E-state index contributed by atoms with van der Waals surface area (Å²) >= 11 is 0. The van der Waals surface area contributed by atoms with E-state index in [1.165, 1.54) is 0 Å². The van der Waals surface area contributed by atoms with Crippen molar-refractivity contribution >= 4 is 24.1 Å². The molecule has 0 bridgehead atoms. The highest BCUT2D eigenvalue weighted by atomic mass is 35.5. The van der Waals surface area contributed by atoms with Gasteiger partial charge in [-0.15, -0.1) is 12.4 Å². The standard InChI is InChI=1S/C21H26N2O2.ClH/c1-3-22-16(2)15-23-21(25)14-13-20(24)19-11-9-18(10-12-19)17-7-5-4-6-8-17;/h4-12,16,22H,3,13-15H2,1-2H3,(H,23,25);1H/t16-;/m1./s1. The number of carbonyl (C=O) groups excluding carboxylic acids is 2. The number of rotatable bonds is 9. The Bertz CT molecular complexity index is 687. The lowest BCUT2D eigenvalue weighted by atomic mass is 10.0. The Morgan fingerprint density at radius 3 is 2.15 bits per heavy atom. The number of ketones is 1. The van der Waals surface area contributed by atoms with Gasteiger partial charge in [-0.3, -0.25) is 9.59 Å². The molecule has 0 fully saturated rings. The van der Waals surface area contributed by atoms with Gasteiger partial charge in [-0.25, -0.2) is 0 Å². The molecule has 140 valence electrons. The third-order valence-electron chi connectivity index (χ3n) is 4.05. The van der Waals surface area contributed by atoms with Crippen LogP contribution in [0.1, 0.15) is 37.0 Å². The van der Waals surface area contributed by atoms with Crippen molar-refractivity contribution < 1.29 is 9.59 Å². The minimum absolute atomic E-state index is 0. The molecule has 0 spiro atoms. The van der Waals surface area contributed by atoms with Crippen LogP contribution in [0.2, 0.25) is 0 Å². The predicted molar refractivity (Wildman–Crippen MR) is 109 cm³/mol. The third kappa shape index (κ3) is 6.98. The maximum atomic E-state index is 12.2. The summed E-state index contributed by atoms with van der Waals surface area (Å²) in [5.74, 6) is -0.0893. The number of carbonyl (C=O) groups is 2. The van der Waals surface area contributed by atoms with E-state index in [0.717, 1.165) is 17.7 Å². The lowest BCUT2D eigenvalue weighted by Gasteiger charge is -2.13. The van der Waals surface area contributed by atoms with Gasteiger partial charge in [0.2, 0.25) is 5.91 Å². The molecule has 0 aliphatic rings. The quantitative estimate of drug-likeness (QED) is 0.655. The van der Waals surface area contributed by atoms with Gasteiger partial charge in [0.05, 0.1) is 0 Å². The van der Waals surface area contributed by atoms with Crippen LogP contribution in [0.3, 0.4) is 0 Å². The molecule has 5 heteroatoms. The Kier molecular flexibility index (Phi) is 9.63. The first-order valence-electron chi connectivity index (χ1n) is 8.79. The summed E-state index contributed by atoms with van der Waals surface area (Å²) in [6.07, 6.45) is 0.449. The van der Waals surface area contributed by atoms with E-state index in [2.05, 4.69) is 10.6 Å². The molecule has 2 aromatic carbocycles. The van der Waals surface area contributed by atoms with Crippen molar-refractivity contribution in [2.45, 2.75) is 32.7 Å². The number of Topliss-reactive ketones (excluding diaryl/α,β-unsaturated/α-hetero) is 1. The summed E-state index contributed by atoms with van der Waals surface area (Å²) < 4.78 is 0. The van der Waals surface area contributed by atoms with E-state index in [4.69, 9.17) is 0 Å². The summed E-state index contributed by atoms with van der Waals surface area (Å²) in [6, 6.07) is 17.8. The number of amides is 1. The second-order valence-corrected chi connectivity index (χ2v) is 6.13. The zero-order valence-electron chi connectivity index (χ0n) is 15.3. The van der Waals surface area contributed by atoms with Crippen molar-refractivity contribution in [3.63, 3.8) is 0 Å². The van der Waals surface area contributed by atoms with Crippen LogP contribution in [-0.4, -0.2) is 30.8 Å². The van der Waals surface area contributed by atoms with E-state index in [-0.39, 0.29) is 43.0 Å². The normalized spacial score (nSPS) is 11.3. The smallest absolute Gasteiger partial charge is 0.220 e. The van der Waals surface area contributed by atoms with E-state index in [9.17, 15) is 9.59 Å². The monoisotopic (exact) mass is 374 g/mol. The van der Waals surface area contributed by atoms with E-state index < -0.39 is 0 Å². The fourth-order valence-corrected chi connectivity index (χ4v) is 2.63. The average Bonchev–Trinajstić information content (AvgIpc) is 2.65. The molecule has 26 heavy (non-hydrogen) atoms. The first-order chi connectivity index (χ1) is 12.1. The van der Waals surface area contributed by atoms with Gasteiger partial charge in [0.15, 0.2) is 5.78 Å². The number of hydrogen-bond acceptors (Lipinski definition) is 3. The average molecular weight is 375 g/mol. The molecular weight excluding hydrogens is 348 g/mol. The van der Waals surface area contributed by atoms with Crippen LogP contribution in [0.4, 0.5) is 0 Å². The van der Waals surface area contributed by atoms with Gasteiger partial charge < -0.3 is 10.6 Å². The molecular formula is C21H27ClN2O2. The molecule has 0 saturated heterocycles. The molecule has 0 heterocycles. The second kappa shape index (κ2) is 11.4. The summed E-state index contributed by atoms with van der Waals surface area (Å²) in [4.78, 5) is 24.1. The Balaban J connectivity index is 0.00000338. The minimum Gasteiger partial charge on any atom is -0.355 e. The van der Waals surface area contributed by atoms with Crippen molar-refractivity contribution in [2.75, 3.05) is 13.1 Å². The molecule has 0 aliphatic heterocycles.